The first-order valence-corrected chi connectivity index (χ1v) is 6.44. The van der Waals surface area contributed by atoms with Crippen molar-refractivity contribution in [3.8, 4) is 0 Å². The Morgan fingerprint density at radius 3 is 2.85 bits per heavy atom. The molecule has 1 saturated heterocycles. The van der Waals surface area contributed by atoms with E-state index in [0.717, 1.165) is 0 Å². The highest BCUT2D eigenvalue weighted by atomic mass is 16.6. The van der Waals surface area contributed by atoms with Gasteiger partial charge < -0.3 is 15.8 Å². The molecule has 2 rings (SSSR count). The van der Waals surface area contributed by atoms with Crippen molar-refractivity contribution in [2.75, 3.05) is 18.5 Å². The summed E-state index contributed by atoms with van der Waals surface area (Å²) in [6, 6.07) is 4.35. The second-order valence-corrected chi connectivity index (χ2v) is 4.75. The summed E-state index contributed by atoms with van der Waals surface area (Å²) in [6.45, 7) is 2.48. The number of carbonyl (C=O) groups is 1. The maximum absolute atomic E-state index is 12.0. The number of nitrogens with one attached hydrogen (secondary N) is 1. The number of hydrogen-bond donors (Lipinski definition) is 2. The zero-order chi connectivity index (χ0) is 14.7. The molecule has 3 N–H and O–H groups in total. The van der Waals surface area contributed by atoms with E-state index in [1.54, 1.807) is 12.1 Å². The van der Waals surface area contributed by atoms with E-state index in [4.69, 9.17) is 10.5 Å². The number of nitrogens with zero attached hydrogens (tertiary/aromatic N) is 1. The summed E-state index contributed by atoms with van der Waals surface area (Å²) in [5, 5.41) is 13.6. The van der Waals surface area contributed by atoms with Crippen LogP contribution in [0.2, 0.25) is 0 Å². The summed E-state index contributed by atoms with van der Waals surface area (Å²) in [4.78, 5) is 22.6. The average molecular weight is 279 g/mol. The number of nitro benzene ring substituents is 1. The van der Waals surface area contributed by atoms with Crippen LogP contribution in [0, 0.1) is 16.0 Å². The van der Waals surface area contributed by atoms with Crippen LogP contribution in [0.4, 0.5) is 11.4 Å². The van der Waals surface area contributed by atoms with E-state index in [-0.39, 0.29) is 24.2 Å². The van der Waals surface area contributed by atoms with E-state index in [1.807, 2.05) is 6.92 Å². The van der Waals surface area contributed by atoms with Crippen LogP contribution in [0.15, 0.2) is 18.2 Å². The lowest BCUT2D eigenvalue weighted by molar-refractivity contribution is -0.385. The van der Waals surface area contributed by atoms with Gasteiger partial charge in [0.05, 0.1) is 24.1 Å². The molecule has 1 aliphatic heterocycles. The molecule has 1 aliphatic rings. The highest BCUT2D eigenvalue weighted by Gasteiger charge is 2.31. The lowest BCUT2D eigenvalue weighted by Crippen LogP contribution is -2.37. The van der Waals surface area contributed by atoms with Gasteiger partial charge in [-0.3, -0.25) is 14.9 Å². The van der Waals surface area contributed by atoms with Gasteiger partial charge in [-0.2, -0.15) is 0 Å². The highest BCUT2D eigenvalue weighted by Crippen LogP contribution is 2.24. The molecule has 2 unspecified atom stereocenters. The van der Waals surface area contributed by atoms with Crippen LogP contribution in [0.1, 0.15) is 12.5 Å². The van der Waals surface area contributed by atoms with E-state index in [9.17, 15) is 14.9 Å². The standard InChI is InChI=1S/C13H17N3O4/c1-2-8-3-4-9(5-12(8)16(18)19)15-13(17)10-6-20-7-11(10)14/h3-5,10-11H,2,6-7,14H2,1H3,(H,15,17). The fourth-order valence-electron chi connectivity index (χ4n) is 2.19. The Morgan fingerprint density at radius 1 is 1.55 bits per heavy atom. The third-order valence-corrected chi connectivity index (χ3v) is 3.39. The van der Waals surface area contributed by atoms with E-state index >= 15 is 0 Å². The van der Waals surface area contributed by atoms with Gasteiger partial charge in [-0.05, 0) is 12.5 Å². The van der Waals surface area contributed by atoms with Crippen LogP contribution in [0.5, 0.6) is 0 Å². The molecule has 0 saturated carbocycles. The molecule has 1 aromatic rings. The van der Waals surface area contributed by atoms with Crippen LogP contribution in [0.25, 0.3) is 0 Å². The summed E-state index contributed by atoms with van der Waals surface area (Å²) >= 11 is 0. The second-order valence-electron chi connectivity index (χ2n) is 4.75. The van der Waals surface area contributed by atoms with Gasteiger partial charge in [0.25, 0.3) is 5.69 Å². The minimum absolute atomic E-state index is 0.0114. The average Bonchev–Trinajstić information content (AvgIpc) is 2.85. The number of nitrogens with two attached hydrogens (primary N) is 1. The number of anilines is 1. The molecule has 1 fully saturated rings. The van der Waals surface area contributed by atoms with Crippen molar-refractivity contribution in [1.82, 2.24) is 0 Å². The predicted octanol–water partition coefficient (Wildman–Crippen LogP) is 1.07. The van der Waals surface area contributed by atoms with Crippen molar-refractivity contribution in [2.24, 2.45) is 11.7 Å². The van der Waals surface area contributed by atoms with Gasteiger partial charge in [0.1, 0.15) is 0 Å². The zero-order valence-corrected chi connectivity index (χ0v) is 11.2. The topological polar surface area (TPSA) is 107 Å². The zero-order valence-electron chi connectivity index (χ0n) is 11.2. The van der Waals surface area contributed by atoms with Gasteiger partial charge >= 0.3 is 0 Å². The summed E-state index contributed by atoms with van der Waals surface area (Å²) in [6.07, 6.45) is 0.561. The van der Waals surface area contributed by atoms with Crippen molar-refractivity contribution in [3.63, 3.8) is 0 Å². The summed E-state index contributed by atoms with van der Waals surface area (Å²) in [7, 11) is 0. The Labute approximate surface area is 116 Å². The third kappa shape index (κ3) is 2.94. The molecular weight excluding hydrogens is 262 g/mol. The molecule has 1 amide bonds. The maximum atomic E-state index is 12.0. The number of aryl methyl sites for hydroxylation is 1. The second kappa shape index (κ2) is 5.98. The van der Waals surface area contributed by atoms with Gasteiger partial charge in [-0.15, -0.1) is 0 Å². The molecule has 7 heteroatoms. The van der Waals surface area contributed by atoms with Gasteiger partial charge in [0, 0.05) is 23.4 Å². The molecular formula is C13H17N3O4. The number of ether oxygens (including phenoxy) is 1. The van der Waals surface area contributed by atoms with Crippen LogP contribution >= 0.6 is 0 Å². The quantitative estimate of drug-likeness (QED) is 0.633. The van der Waals surface area contributed by atoms with Crippen molar-refractivity contribution in [3.05, 3.63) is 33.9 Å². The predicted molar refractivity (Wildman–Crippen MR) is 73.4 cm³/mol. The SMILES string of the molecule is CCc1ccc(NC(=O)C2COCC2N)cc1[N+](=O)[O-]. The number of amides is 1. The lowest BCUT2D eigenvalue weighted by Gasteiger charge is -2.13. The number of rotatable bonds is 4. The van der Waals surface area contributed by atoms with Gasteiger partial charge in [0.2, 0.25) is 5.91 Å². The molecule has 7 nitrogen and oxygen atoms in total. The van der Waals surface area contributed by atoms with Gasteiger partial charge in [-0.25, -0.2) is 0 Å². The van der Waals surface area contributed by atoms with Crippen LogP contribution in [-0.4, -0.2) is 30.1 Å². The number of carbonyl (C=O) groups excluding carboxylic acids is 1. The normalized spacial score (nSPS) is 21.7. The maximum Gasteiger partial charge on any atom is 0.274 e. The van der Waals surface area contributed by atoms with Crippen molar-refractivity contribution < 1.29 is 14.5 Å². The first-order chi connectivity index (χ1) is 9.52. The Kier molecular flexibility index (Phi) is 4.31. The van der Waals surface area contributed by atoms with E-state index < -0.39 is 10.8 Å². The Bertz CT molecular complexity index is 532. The van der Waals surface area contributed by atoms with E-state index in [1.165, 1.54) is 6.07 Å². The summed E-state index contributed by atoms with van der Waals surface area (Å²) in [5.41, 5.74) is 6.81. The molecule has 108 valence electrons. The molecule has 0 aromatic heterocycles. The van der Waals surface area contributed by atoms with E-state index in [2.05, 4.69) is 5.32 Å². The molecule has 20 heavy (non-hydrogen) atoms. The van der Waals surface area contributed by atoms with Crippen molar-refractivity contribution in [2.45, 2.75) is 19.4 Å². The molecule has 0 bridgehead atoms. The fourth-order valence-corrected chi connectivity index (χ4v) is 2.19. The number of benzene rings is 1. The minimum atomic E-state index is -0.446. The Hall–Kier alpha value is -1.99. The Balaban J connectivity index is 2.15. The van der Waals surface area contributed by atoms with Crippen molar-refractivity contribution in [1.29, 1.82) is 0 Å². The highest BCUT2D eigenvalue weighted by molar-refractivity contribution is 5.93. The largest absolute Gasteiger partial charge is 0.379 e. The lowest BCUT2D eigenvalue weighted by atomic mass is 10.0. The summed E-state index contributed by atoms with van der Waals surface area (Å²) < 4.78 is 5.13. The number of nitro groups is 1. The van der Waals surface area contributed by atoms with Crippen LogP contribution < -0.4 is 11.1 Å². The van der Waals surface area contributed by atoms with Gasteiger partial charge in [0.15, 0.2) is 0 Å². The molecule has 2 atom stereocenters. The Morgan fingerprint density at radius 2 is 2.30 bits per heavy atom. The number of hydrogen-bond acceptors (Lipinski definition) is 5. The minimum Gasteiger partial charge on any atom is -0.379 e. The molecule has 0 radical (unpaired) electrons. The van der Waals surface area contributed by atoms with E-state index in [0.29, 0.717) is 24.3 Å². The monoisotopic (exact) mass is 279 g/mol. The molecule has 0 aliphatic carbocycles. The first kappa shape index (κ1) is 14.4. The van der Waals surface area contributed by atoms with Crippen molar-refractivity contribution >= 4 is 17.3 Å². The third-order valence-electron chi connectivity index (χ3n) is 3.39. The van der Waals surface area contributed by atoms with Crippen LogP contribution in [0.3, 0.4) is 0 Å². The van der Waals surface area contributed by atoms with Crippen LogP contribution in [-0.2, 0) is 16.0 Å². The summed E-state index contributed by atoms with van der Waals surface area (Å²) in [5.74, 6) is -0.687. The van der Waals surface area contributed by atoms with Gasteiger partial charge in [-0.1, -0.05) is 13.0 Å². The molecule has 0 spiro atoms. The first-order valence-electron chi connectivity index (χ1n) is 6.44. The fraction of sp³-hybridized carbons (Fsp3) is 0.462. The molecule has 1 heterocycles. The smallest absolute Gasteiger partial charge is 0.274 e. The molecule has 1 aromatic carbocycles.